The number of aromatic nitrogens is 2. The smallest absolute Gasteiger partial charge is 0.410 e. The van der Waals surface area contributed by atoms with E-state index in [1.165, 1.54) is 25.3 Å². The minimum atomic E-state index is -0.670. The molecule has 0 N–H and O–H groups in total. The van der Waals surface area contributed by atoms with Crippen LogP contribution in [0, 0.1) is 0 Å². The number of ether oxygens (including phenoxy) is 2. The van der Waals surface area contributed by atoms with E-state index in [0.29, 0.717) is 0 Å². The summed E-state index contributed by atoms with van der Waals surface area (Å²) < 4.78 is 11.9. The van der Waals surface area contributed by atoms with E-state index in [-0.39, 0.29) is 24.1 Å². The minimum absolute atomic E-state index is 0.0476. The van der Waals surface area contributed by atoms with Crippen molar-refractivity contribution >= 4 is 28.0 Å². The van der Waals surface area contributed by atoms with Crippen LogP contribution in [0.1, 0.15) is 20.8 Å². The lowest BCUT2D eigenvalue weighted by atomic mass is 10.2. The fourth-order valence-electron chi connectivity index (χ4n) is 1.81. The van der Waals surface area contributed by atoms with Crippen LogP contribution in [0.25, 0.3) is 0 Å². The first kappa shape index (κ1) is 20.9. The molecule has 1 aromatic heterocycles. The molecule has 0 saturated carbocycles. The van der Waals surface area contributed by atoms with E-state index in [4.69, 9.17) is 4.74 Å². The van der Waals surface area contributed by atoms with Crippen LogP contribution in [-0.2, 0) is 27.4 Å². The van der Waals surface area contributed by atoms with Crippen molar-refractivity contribution in [2.45, 2.75) is 39.5 Å². The molecule has 0 fully saturated rings. The SMILES string of the molecule is COC(=O)Cn1cc(Br)c(=O)n(CCN(C)C(=O)OC(C)(C)C)c1=O. The molecule has 1 heterocycles. The van der Waals surface area contributed by atoms with Gasteiger partial charge in [-0.05, 0) is 36.7 Å². The zero-order valence-corrected chi connectivity index (χ0v) is 16.5. The van der Waals surface area contributed by atoms with Gasteiger partial charge in [0.1, 0.15) is 12.1 Å². The van der Waals surface area contributed by atoms with Gasteiger partial charge < -0.3 is 14.4 Å². The Bertz CT molecular complexity index is 762. The number of carbonyl (C=O) groups is 2. The molecule has 0 aliphatic carbocycles. The average molecular weight is 420 g/mol. The molecule has 0 radical (unpaired) electrons. The Kier molecular flexibility index (Phi) is 6.97. The Morgan fingerprint density at radius 2 is 1.88 bits per heavy atom. The number of hydrogen-bond acceptors (Lipinski definition) is 6. The fourth-order valence-corrected chi connectivity index (χ4v) is 2.27. The number of rotatable bonds is 5. The molecule has 1 amide bonds. The normalized spacial score (nSPS) is 11.1. The summed E-state index contributed by atoms with van der Waals surface area (Å²) in [5.41, 5.74) is -1.87. The van der Waals surface area contributed by atoms with Gasteiger partial charge in [0.05, 0.1) is 11.6 Å². The van der Waals surface area contributed by atoms with Gasteiger partial charge in [0.25, 0.3) is 5.56 Å². The Morgan fingerprint density at radius 1 is 1.28 bits per heavy atom. The molecule has 0 spiro atoms. The third kappa shape index (κ3) is 6.04. The van der Waals surface area contributed by atoms with Crippen molar-refractivity contribution in [2.24, 2.45) is 0 Å². The van der Waals surface area contributed by atoms with Crippen LogP contribution in [0.5, 0.6) is 0 Å². The predicted octanol–water partition coefficient (Wildman–Crippen LogP) is 0.812. The lowest BCUT2D eigenvalue weighted by Gasteiger charge is -2.24. The zero-order valence-electron chi connectivity index (χ0n) is 14.9. The maximum absolute atomic E-state index is 12.4. The van der Waals surface area contributed by atoms with Gasteiger partial charge in [-0.2, -0.15) is 0 Å². The van der Waals surface area contributed by atoms with Gasteiger partial charge in [0.15, 0.2) is 0 Å². The van der Waals surface area contributed by atoms with E-state index in [0.717, 1.165) is 9.13 Å². The first-order valence-electron chi connectivity index (χ1n) is 7.47. The number of nitrogens with zero attached hydrogens (tertiary/aromatic N) is 3. The van der Waals surface area contributed by atoms with E-state index < -0.39 is 28.9 Å². The lowest BCUT2D eigenvalue weighted by Crippen LogP contribution is -2.44. The summed E-state index contributed by atoms with van der Waals surface area (Å²) in [6.07, 6.45) is 0.667. The van der Waals surface area contributed by atoms with Crippen molar-refractivity contribution in [3.8, 4) is 0 Å². The minimum Gasteiger partial charge on any atom is -0.468 e. The molecule has 140 valence electrons. The Hall–Kier alpha value is -2.10. The molecule has 0 saturated heterocycles. The van der Waals surface area contributed by atoms with Gasteiger partial charge in [-0.25, -0.2) is 9.59 Å². The van der Waals surface area contributed by atoms with Crippen molar-refractivity contribution in [1.82, 2.24) is 14.0 Å². The van der Waals surface area contributed by atoms with Crippen molar-refractivity contribution in [3.63, 3.8) is 0 Å². The largest absolute Gasteiger partial charge is 0.468 e. The predicted molar refractivity (Wildman–Crippen MR) is 93.5 cm³/mol. The van der Waals surface area contributed by atoms with Crippen molar-refractivity contribution in [3.05, 3.63) is 31.5 Å². The van der Waals surface area contributed by atoms with Crippen molar-refractivity contribution in [1.29, 1.82) is 0 Å². The van der Waals surface area contributed by atoms with E-state index in [1.54, 1.807) is 20.8 Å². The highest BCUT2D eigenvalue weighted by Crippen LogP contribution is 2.09. The van der Waals surface area contributed by atoms with Crippen LogP contribution in [0.2, 0.25) is 0 Å². The summed E-state index contributed by atoms with van der Waals surface area (Å²) in [4.78, 5) is 49.1. The number of esters is 1. The Labute approximate surface area is 153 Å². The highest BCUT2D eigenvalue weighted by molar-refractivity contribution is 9.10. The second-order valence-corrected chi connectivity index (χ2v) is 7.18. The summed E-state index contributed by atoms with van der Waals surface area (Å²) in [5.74, 6) is -0.620. The third-order valence-corrected chi connectivity index (χ3v) is 3.63. The molecule has 0 aromatic carbocycles. The van der Waals surface area contributed by atoms with Crippen LogP contribution in [0.3, 0.4) is 0 Å². The molecule has 0 bridgehead atoms. The zero-order chi connectivity index (χ0) is 19.4. The van der Waals surface area contributed by atoms with Crippen LogP contribution in [0.15, 0.2) is 20.3 Å². The topological polar surface area (TPSA) is 99.8 Å². The molecule has 0 unspecified atom stereocenters. The molecule has 10 heteroatoms. The third-order valence-electron chi connectivity index (χ3n) is 3.09. The number of carbonyl (C=O) groups excluding carboxylic acids is 2. The highest BCUT2D eigenvalue weighted by atomic mass is 79.9. The maximum Gasteiger partial charge on any atom is 0.410 e. The quantitative estimate of drug-likeness (QED) is 0.654. The first-order chi connectivity index (χ1) is 11.5. The van der Waals surface area contributed by atoms with E-state index >= 15 is 0 Å². The number of amides is 1. The molecule has 25 heavy (non-hydrogen) atoms. The molecule has 0 atom stereocenters. The second-order valence-electron chi connectivity index (χ2n) is 6.32. The van der Waals surface area contributed by atoms with E-state index in [9.17, 15) is 19.2 Å². The number of halogens is 1. The molecule has 1 rings (SSSR count). The first-order valence-corrected chi connectivity index (χ1v) is 8.26. The van der Waals surface area contributed by atoms with Gasteiger partial charge in [-0.1, -0.05) is 0 Å². The number of likely N-dealkylation sites (N-methyl/N-ethyl adjacent to an activating group) is 1. The molecule has 0 aliphatic rings. The van der Waals surface area contributed by atoms with Crippen LogP contribution >= 0.6 is 15.9 Å². The summed E-state index contributed by atoms with van der Waals surface area (Å²) in [5, 5.41) is 0. The van der Waals surface area contributed by atoms with Gasteiger partial charge in [0, 0.05) is 26.3 Å². The second kappa shape index (κ2) is 8.32. The van der Waals surface area contributed by atoms with Crippen molar-refractivity contribution < 1.29 is 19.1 Å². The van der Waals surface area contributed by atoms with E-state index in [2.05, 4.69) is 20.7 Å². The molecular formula is C15H22BrN3O6. The van der Waals surface area contributed by atoms with Crippen LogP contribution < -0.4 is 11.2 Å². The van der Waals surface area contributed by atoms with E-state index in [1.807, 2.05) is 0 Å². The fraction of sp³-hybridized carbons (Fsp3) is 0.600. The molecular weight excluding hydrogens is 398 g/mol. The Morgan fingerprint density at radius 3 is 2.40 bits per heavy atom. The molecule has 1 aromatic rings. The summed E-state index contributed by atoms with van der Waals surface area (Å²) in [6, 6.07) is 0. The molecule has 0 aliphatic heterocycles. The highest BCUT2D eigenvalue weighted by Gasteiger charge is 2.20. The van der Waals surface area contributed by atoms with Crippen LogP contribution in [0.4, 0.5) is 4.79 Å². The van der Waals surface area contributed by atoms with Crippen LogP contribution in [-0.4, -0.2) is 52.4 Å². The number of hydrogen-bond donors (Lipinski definition) is 0. The van der Waals surface area contributed by atoms with Crippen molar-refractivity contribution in [2.75, 3.05) is 20.7 Å². The van der Waals surface area contributed by atoms with Gasteiger partial charge in [-0.15, -0.1) is 0 Å². The monoisotopic (exact) mass is 419 g/mol. The van der Waals surface area contributed by atoms with Gasteiger partial charge in [-0.3, -0.25) is 18.7 Å². The summed E-state index contributed by atoms with van der Waals surface area (Å²) >= 11 is 3.07. The summed E-state index contributed by atoms with van der Waals surface area (Å²) in [6.45, 7) is 4.93. The molecule has 9 nitrogen and oxygen atoms in total. The average Bonchev–Trinajstić information content (AvgIpc) is 2.50. The summed E-state index contributed by atoms with van der Waals surface area (Å²) in [7, 11) is 2.71. The Balaban J connectivity index is 2.98. The maximum atomic E-state index is 12.4. The lowest BCUT2D eigenvalue weighted by molar-refractivity contribution is -0.141. The van der Waals surface area contributed by atoms with Gasteiger partial charge >= 0.3 is 17.8 Å². The van der Waals surface area contributed by atoms with Gasteiger partial charge in [0.2, 0.25) is 0 Å². The number of methoxy groups -OCH3 is 1. The standard InChI is InChI=1S/C15H22BrN3O6/c1-15(2,3)25-14(23)17(4)6-7-19-12(21)10(16)8-18(13(19)22)9-11(20)24-5/h8H,6-7,9H2,1-5H3.